The highest BCUT2D eigenvalue weighted by Crippen LogP contribution is 1.95. The average Bonchev–Trinajstić information content (AvgIpc) is 1.83. The predicted molar refractivity (Wildman–Crippen MR) is 36.0 cm³/mol. The smallest absolute Gasteiger partial charge is 0.0544 e. The van der Waals surface area contributed by atoms with Gasteiger partial charge in [-0.15, -0.1) is 0 Å². The largest absolute Gasteiger partial charge is 0.379 e. The Morgan fingerprint density at radius 2 is 2.00 bits per heavy atom. The fourth-order valence-electron chi connectivity index (χ4n) is 0.437. The summed E-state index contributed by atoms with van der Waals surface area (Å²) in [5.74, 6) is 0. The molecule has 0 aliphatic heterocycles. The normalized spacial score (nSPS) is 13.9. The van der Waals surface area contributed by atoms with Crippen LogP contribution in [0.1, 0.15) is 33.6 Å². The molecule has 0 amide bonds. The second-order valence-corrected chi connectivity index (χ2v) is 2.09. The third kappa shape index (κ3) is 4.13. The van der Waals surface area contributed by atoms with E-state index in [-0.39, 0.29) is 0 Å². The second-order valence-electron chi connectivity index (χ2n) is 2.09. The molecule has 1 nitrogen and oxygen atoms in total. The summed E-state index contributed by atoms with van der Waals surface area (Å²) < 4.78 is 5.34. The van der Waals surface area contributed by atoms with E-state index in [1.807, 2.05) is 0 Å². The molecule has 0 aromatic heterocycles. The predicted octanol–water partition coefficient (Wildman–Crippen LogP) is 2.21. The van der Waals surface area contributed by atoms with Gasteiger partial charge in [0.15, 0.2) is 0 Å². The van der Waals surface area contributed by atoms with E-state index in [1.165, 1.54) is 0 Å². The Labute approximate surface area is 52.0 Å². The van der Waals surface area contributed by atoms with Crippen molar-refractivity contribution in [3.63, 3.8) is 0 Å². The molecule has 0 fully saturated rings. The molecule has 8 heavy (non-hydrogen) atoms. The molecule has 0 saturated carbocycles. The van der Waals surface area contributed by atoms with E-state index in [0.29, 0.717) is 6.10 Å². The van der Waals surface area contributed by atoms with Gasteiger partial charge in [0.1, 0.15) is 0 Å². The molecule has 0 unspecified atom stereocenters. The van der Waals surface area contributed by atoms with Gasteiger partial charge in [0, 0.05) is 6.61 Å². The van der Waals surface area contributed by atoms with Crippen LogP contribution in [0.15, 0.2) is 0 Å². The van der Waals surface area contributed by atoms with Gasteiger partial charge in [-0.3, -0.25) is 0 Å². The topological polar surface area (TPSA) is 9.23 Å². The van der Waals surface area contributed by atoms with Crippen LogP contribution < -0.4 is 0 Å². The van der Waals surface area contributed by atoms with Crippen molar-refractivity contribution >= 4 is 0 Å². The zero-order chi connectivity index (χ0) is 6.41. The van der Waals surface area contributed by atoms with E-state index in [2.05, 4.69) is 20.8 Å². The van der Waals surface area contributed by atoms with Crippen LogP contribution in [-0.4, -0.2) is 12.7 Å². The van der Waals surface area contributed by atoms with Crippen LogP contribution in [0.3, 0.4) is 0 Å². The van der Waals surface area contributed by atoms with Crippen LogP contribution >= 0.6 is 0 Å². The minimum Gasteiger partial charge on any atom is -0.379 e. The van der Waals surface area contributed by atoms with Crippen molar-refractivity contribution in [3.8, 4) is 0 Å². The van der Waals surface area contributed by atoms with Crippen LogP contribution in [0.25, 0.3) is 0 Å². The zero-order valence-electron chi connectivity index (χ0n) is 6.11. The highest BCUT2D eigenvalue weighted by molar-refractivity contribution is 4.42. The molecule has 50 valence electrons. The molecule has 0 saturated heterocycles. The van der Waals surface area contributed by atoms with Crippen molar-refractivity contribution in [1.82, 2.24) is 0 Å². The standard InChI is InChI=1S/C7H16O/c1-4-6-8-7(3)5-2/h7H,4-6H2,1-3H3/t7-/m0/s1. The molecule has 0 aliphatic rings. The number of ether oxygens (including phenoxy) is 1. The van der Waals surface area contributed by atoms with Crippen molar-refractivity contribution in [2.75, 3.05) is 6.61 Å². The SMILES string of the molecule is CCCO[C@@H](C)CC. The Kier molecular flexibility index (Phi) is 5.08. The molecule has 0 aromatic carbocycles. The Morgan fingerprint density at radius 1 is 1.38 bits per heavy atom. The molecular formula is C7H16O. The average molecular weight is 116 g/mol. The Hall–Kier alpha value is -0.0400. The minimum absolute atomic E-state index is 0.454. The number of hydrogen-bond acceptors (Lipinski definition) is 1. The maximum absolute atomic E-state index is 5.34. The van der Waals surface area contributed by atoms with E-state index in [1.54, 1.807) is 0 Å². The number of hydrogen-bond donors (Lipinski definition) is 0. The van der Waals surface area contributed by atoms with Crippen LogP contribution in [0, 0.1) is 0 Å². The highest BCUT2D eigenvalue weighted by Gasteiger charge is 1.93. The van der Waals surface area contributed by atoms with Crippen LogP contribution in [0.2, 0.25) is 0 Å². The van der Waals surface area contributed by atoms with Crippen LogP contribution in [-0.2, 0) is 4.74 Å². The van der Waals surface area contributed by atoms with Crippen molar-refractivity contribution in [2.45, 2.75) is 39.7 Å². The highest BCUT2D eigenvalue weighted by atomic mass is 16.5. The monoisotopic (exact) mass is 116 g/mol. The van der Waals surface area contributed by atoms with Gasteiger partial charge >= 0.3 is 0 Å². The summed E-state index contributed by atoms with van der Waals surface area (Å²) in [6.45, 7) is 7.29. The summed E-state index contributed by atoms with van der Waals surface area (Å²) in [4.78, 5) is 0. The van der Waals surface area contributed by atoms with E-state index in [9.17, 15) is 0 Å². The molecule has 0 spiro atoms. The molecule has 0 aliphatic carbocycles. The lowest BCUT2D eigenvalue weighted by Gasteiger charge is -2.07. The molecular weight excluding hydrogens is 100 g/mol. The molecule has 0 N–H and O–H groups in total. The zero-order valence-corrected chi connectivity index (χ0v) is 6.11. The third-order valence-corrected chi connectivity index (χ3v) is 1.18. The van der Waals surface area contributed by atoms with Gasteiger partial charge in [0.2, 0.25) is 0 Å². The summed E-state index contributed by atoms with van der Waals surface area (Å²) in [6.07, 6.45) is 2.71. The summed E-state index contributed by atoms with van der Waals surface area (Å²) in [6, 6.07) is 0. The maximum atomic E-state index is 5.34. The first-order valence-corrected chi connectivity index (χ1v) is 3.42. The van der Waals surface area contributed by atoms with E-state index < -0.39 is 0 Å². The summed E-state index contributed by atoms with van der Waals surface area (Å²) in [5, 5.41) is 0. The van der Waals surface area contributed by atoms with E-state index in [4.69, 9.17) is 4.74 Å². The van der Waals surface area contributed by atoms with Gasteiger partial charge in [0.05, 0.1) is 6.10 Å². The van der Waals surface area contributed by atoms with Gasteiger partial charge in [-0.25, -0.2) is 0 Å². The lowest BCUT2D eigenvalue weighted by molar-refractivity contribution is 0.0642. The maximum Gasteiger partial charge on any atom is 0.0544 e. The minimum atomic E-state index is 0.454. The molecule has 1 heteroatoms. The molecule has 0 radical (unpaired) electrons. The second kappa shape index (κ2) is 5.10. The lowest BCUT2D eigenvalue weighted by Crippen LogP contribution is -2.06. The first kappa shape index (κ1) is 7.96. The summed E-state index contributed by atoms with van der Waals surface area (Å²) >= 11 is 0. The lowest BCUT2D eigenvalue weighted by atomic mass is 10.3. The first-order chi connectivity index (χ1) is 3.81. The quantitative estimate of drug-likeness (QED) is 0.547. The molecule has 0 heterocycles. The van der Waals surface area contributed by atoms with Crippen molar-refractivity contribution in [1.29, 1.82) is 0 Å². The third-order valence-electron chi connectivity index (χ3n) is 1.18. The number of rotatable bonds is 4. The van der Waals surface area contributed by atoms with E-state index in [0.717, 1.165) is 19.4 Å². The van der Waals surface area contributed by atoms with Gasteiger partial charge in [-0.2, -0.15) is 0 Å². The first-order valence-electron chi connectivity index (χ1n) is 3.42. The molecule has 0 bridgehead atoms. The van der Waals surface area contributed by atoms with Crippen molar-refractivity contribution < 1.29 is 4.74 Å². The molecule has 1 atom stereocenters. The summed E-state index contributed by atoms with van der Waals surface area (Å²) in [5.41, 5.74) is 0. The Balaban J connectivity index is 2.86. The van der Waals surface area contributed by atoms with Crippen molar-refractivity contribution in [2.24, 2.45) is 0 Å². The molecule has 0 aromatic rings. The Bertz CT molecular complexity index is 43.7. The van der Waals surface area contributed by atoms with Crippen LogP contribution in [0.4, 0.5) is 0 Å². The fourth-order valence-corrected chi connectivity index (χ4v) is 0.437. The van der Waals surface area contributed by atoms with Gasteiger partial charge in [0.25, 0.3) is 0 Å². The van der Waals surface area contributed by atoms with Crippen molar-refractivity contribution in [3.05, 3.63) is 0 Å². The van der Waals surface area contributed by atoms with Gasteiger partial charge in [-0.05, 0) is 19.8 Å². The summed E-state index contributed by atoms with van der Waals surface area (Å²) in [7, 11) is 0. The molecule has 0 rings (SSSR count). The van der Waals surface area contributed by atoms with Crippen LogP contribution in [0.5, 0.6) is 0 Å². The fraction of sp³-hybridized carbons (Fsp3) is 1.00. The van der Waals surface area contributed by atoms with Gasteiger partial charge < -0.3 is 4.74 Å². The van der Waals surface area contributed by atoms with E-state index >= 15 is 0 Å². The van der Waals surface area contributed by atoms with Gasteiger partial charge in [-0.1, -0.05) is 13.8 Å². The Morgan fingerprint density at radius 3 is 2.38 bits per heavy atom.